The molecule has 4 N–H and O–H groups in total. The van der Waals surface area contributed by atoms with Crippen LogP contribution in [0.1, 0.15) is 18.4 Å². The van der Waals surface area contributed by atoms with Gasteiger partial charge in [-0.05, 0) is 30.5 Å². The largest absolute Gasteiger partial charge is 0.504 e. The highest BCUT2D eigenvalue weighted by Gasteiger charge is 2.26. The van der Waals surface area contributed by atoms with Gasteiger partial charge in [0.1, 0.15) is 6.04 Å². The van der Waals surface area contributed by atoms with Crippen LogP contribution in [0.4, 0.5) is 0 Å². The molecule has 0 radical (unpaired) electrons. The van der Waals surface area contributed by atoms with Gasteiger partial charge in [-0.2, -0.15) is 0 Å². The minimum atomic E-state index is -1.14. The van der Waals surface area contributed by atoms with E-state index in [2.05, 4.69) is 5.32 Å². The molecule has 1 aliphatic carbocycles. The van der Waals surface area contributed by atoms with Gasteiger partial charge in [0.2, 0.25) is 5.91 Å². The van der Waals surface area contributed by atoms with Crippen molar-refractivity contribution >= 4 is 11.9 Å². The summed E-state index contributed by atoms with van der Waals surface area (Å²) in [5.74, 6) is -2.22. The van der Waals surface area contributed by atoms with Crippen LogP contribution < -0.4 is 5.32 Å². The van der Waals surface area contributed by atoms with Crippen LogP contribution in [0.5, 0.6) is 11.5 Å². The monoisotopic (exact) mass is 291 g/mol. The minimum absolute atomic E-state index is 0.0368. The van der Waals surface area contributed by atoms with Crippen LogP contribution in [0.2, 0.25) is 0 Å². The quantitative estimate of drug-likeness (QED) is 0.481. The number of carbonyl (C=O) groups excluding carboxylic acids is 1. The Labute approximate surface area is 121 Å². The molecule has 0 spiro atoms. The number of carboxylic acids is 1. The fraction of sp³-hybridized carbons (Fsp3) is 0.333. The van der Waals surface area contributed by atoms with Crippen molar-refractivity contribution in [2.45, 2.75) is 25.3 Å². The van der Waals surface area contributed by atoms with Crippen LogP contribution in [0.25, 0.3) is 0 Å². The topological polar surface area (TPSA) is 107 Å². The molecule has 1 aromatic carbocycles. The predicted octanol–water partition coefficient (Wildman–Crippen LogP) is 1.18. The molecule has 1 amide bonds. The van der Waals surface area contributed by atoms with E-state index in [4.69, 9.17) is 0 Å². The van der Waals surface area contributed by atoms with E-state index in [0.29, 0.717) is 18.4 Å². The van der Waals surface area contributed by atoms with Crippen molar-refractivity contribution < 1.29 is 24.9 Å². The Kier molecular flexibility index (Phi) is 4.47. The van der Waals surface area contributed by atoms with Crippen LogP contribution in [0, 0.1) is 5.92 Å². The van der Waals surface area contributed by atoms with E-state index in [0.717, 1.165) is 0 Å². The number of allylic oxidation sites excluding steroid dienone is 2. The Morgan fingerprint density at radius 3 is 2.43 bits per heavy atom. The average molecular weight is 291 g/mol. The zero-order valence-electron chi connectivity index (χ0n) is 11.3. The number of hydrogen-bond acceptors (Lipinski definition) is 4. The first-order valence-corrected chi connectivity index (χ1v) is 6.66. The summed E-state index contributed by atoms with van der Waals surface area (Å²) < 4.78 is 0. The van der Waals surface area contributed by atoms with Gasteiger partial charge in [0.05, 0.1) is 0 Å². The maximum atomic E-state index is 12.0. The van der Waals surface area contributed by atoms with Gasteiger partial charge in [0, 0.05) is 12.3 Å². The molecule has 0 aromatic heterocycles. The number of rotatable bonds is 5. The van der Waals surface area contributed by atoms with E-state index in [-0.39, 0.29) is 29.7 Å². The fourth-order valence-corrected chi connectivity index (χ4v) is 2.25. The molecular formula is C15H17NO5. The van der Waals surface area contributed by atoms with Gasteiger partial charge in [-0.25, -0.2) is 4.79 Å². The molecule has 6 nitrogen and oxygen atoms in total. The second-order valence-corrected chi connectivity index (χ2v) is 5.07. The molecule has 112 valence electrons. The Hall–Kier alpha value is -2.50. The third-order valence-electron chi connectivity index (χ3n) is 3.47. The van der Waals surface area contributed by atoms with E-state index >= 15 is 0 Å². The average Bonchev–Trinajstić information content (AvgIpc) is 2.96. The van der Waals surface area contributed by atoms with E-state index < -0.39 is 12.0 Å². The smallest absolute Gasteiger partial charge is 0.326 e. The van der Waals surface area contributed by atoms with Crippen LogP contribution in [-0.2, 0) is 16.0 Å². The van der Waals surface area contributed by atoms with Gasteiger partial charge in [-0.1, -0.05) is 18.2 Å². The number of carbonyl (C=O) groups is 2. The van der Waals surface area contributed by atoms with Gasteiger partial charge in [0.15, 0.2) is 11.5 Å². The lowest BCUT2D eigenvalue weighted by molar-refractivity contribution is -0.142. The van der Waals surface area contributed by atoms with E-state index in [1.165, 1.54) is 18.2 Å². The van der Waals surface area contributed by atoms with Crippen LogP contribution >= 0.6 is 0 Å². The Bertz CT molecular complexity index is 573. The van der Waals surface area contributed by atoms with Gasteiger partial charge in [0.25, 0.3) is 0 Å². The summed E-state index contributed by atoms with van der Waals surface area (Å²) in [4.78, 5) is 23.2. The number of aliphatic carboxylic acids is 1. The normalized spacial score (nSPS) is 15.8. The first-order valence-electron chi connectivity index (χ1n) is 6.66. The molecule has 1 aliphatic rings. The van der Waals surface area contributed by atoms with E-state index in [1.54, 1.807) is 0 Å². The second-order valence-electron chi connectivity index (χ2n) is 5.07. The number of phenols is 2. The first kappa shape index (κ1) is 14.9. The number of phenolic OH excluding ortho intramolecular Hbond substituents is 2. The van der Waals surface area contributed by atoms with Gasteiger partial charge < -0.3 is 20.6 Å². The molecule has 21 heavy (non-hydrogen) atoms. The van der Waals surface area contributed by atoms with Crippen molar-refractivity contribution in [2.24, 2.45) is 5.92 Å². The Morgan fingerprint density at radius 2 is 1.86 bits per heavy atom. The molecule has 0 fully saturated rings. The minimum Gasteiger partial charge on any atom is -0.504 e. The summed E-state index contributed by atoms with van der Waals surface area (Å²) in [6.07, 6.45) is 5.08. The number of amides is 1. The zero-order valence-corrected chi connectivity index (χ0v) is 11.3. The van der Waals surface area contributed by atoms with Crippen LogP contribution in [0.3, 0.4) is 0 Å². The fourth-order valence-electron chi connectivity index (χ4n) is 2.25. The van der Waals surface area contributed by atoms with Crippen molar-refractivity contribution in [3.8, 4) is 11.5 Å². The second kappa shape index (κ2) is 6.30. The number of aromatic hydroxyl groups is 2. The van der Waals surface area contributed by atoms with Crippen molar-refractivity contribution in [1.29, 1.82) is 0 Å². The van der Waals surface area contributed by atoms with Gasteiger partial charge in [-0.15, -0.1) is 0 Å². The standard InChI is InChI=1S/C15H17NO5/c17-12-6-5-9(8-13(12)18)7-11(15(20)21)16-14(19)10-3-1-2-4-10/h1-2,5-6,8,10-11,17-18H,3-4,7H2,(H,16,19)(H,20,21). The predicted molar refractivity (Wildman–Crippen MR) is 74.9 cm³/mol. The van der Waals surface area contributed by atoms with Crippen LogP contribution in [-0.4, -0.2) is 33.2 Å². The zero-order chi connectivity index (χ0) is 15.4. The van der Waals surface area contributed by atoms with Gasteiger partial charge >= 0.3 is 5.97 Å². The molecule has 0 saturated heterocycles. The molecule has 0 aliphatic heterocycles. The summed E-state index contributed by atoms with van der Waals surface area (Å²) in [6, 6.07) is 3.01. The number of nitrogens with one attached hydrogen (secondary N) is 1. The molecule has 0 heterocycles. The highest BCUT2D eigenvalue weighted by Crippen LogP contribution is 2.25. The maximum Gasteiger partial charge on any atom is 0.326 e. The first-order chi connectivity index (χ1) is 9.97. The van der Waals surface area contributed by atoms with Crippen molar-refractivity contribution in [3.63, 3.8) is 0 Å². The molecule has 1 aromatic rings. The van der Waals surface area contributed by atoms with E-state index in [1.807, 2.05) is 12.2 Å². The lowest BCUT2D eigenvalue weighted by Crippen LogP contribution is -2.44. The van der Waals surface area contributed by atoms with Crippen molar-refractivity contribution in [2.75, 3.05) is 0 Å². The lowest BCUT2D eigenvalue weighted by atomic mass is 10.0. The Morgan fingerprint density at radius 1 is 1.19 bits per heavy atom. The third kappa shape index (κ3) is 3.75. The summed E-state index contributed by atoms with van der Waals surface area (Å²) in [5, 5.41) is 30.4. The van der Waals surface area contributed by atoms with Crippen molar-refractivity contribution in [3.05, 3.63) is 35.9 Å². The lowest BCUT2D eigenvalue weighted by Gasteiger charge is -2.17. The maximum absolute atomic E-state index is 12.0. The van der Waals surface area contributed by atoms with Crippen LogP contribution in [0.15, 0.2) is 30.4 Å². The summed E-state index contributed by atoms with van der Waals surface area (Å²) in [5.41, 5.74) is 0.516. The van der Waals surface area contributed by atoms with Crippen molar-refractivity contribution in [1.82, 2.24) is 5.32 Å². The molecular weight excluding hydrogens is 274 g/mol. The molecule has 1 unspecified atom stereocenters. The third-order valence-corrected chi connectivity index (χ3v) is 3.47. The summed E-state index contributed by atoms with van der Waals surface area (Å²) in [7, 11) is 0. The highest BCUT2D eigenvalue weighted by molar-refractivity contribution is 5.85. The molecule has 0 bridgehead atoms. The number of hydrogen-bond donors (Lipinski definition) is 4. The van der Waals surface area contributed by atoms with Gasteiger partial charge in [-0.3, -0.25) is 4.79 Å². The Balaban J connectivity index is 2.03. The molecule has 1 atom stereocenters. The summed E-state index contributed by atoms with van der Waals surface area (Å²) >= 11 is 0. The molecule has 2 rings (SSSR count). The number of benzene rings is 1. The highest BCUT2D eigenvalue weighted by atomic mass is 16.4. The van der Waals surface area contributed by atoms with E-state index in [9.17, 15) is 24.9 Å². The number of carboxylic acid groups (broad SMARTS) is 1. The molecule has 6 heteroatoms. The molecule has 0 saturated carbocycles. The SMILES string of the molecule is O=C(NC(Cc1ccc(O)c(O)c1)C(=O)O)C1CC=CC1. The summed E-state index contributed by atoms with van der Waals surface area (Å²) in [6.45, 7) is 0.